The second-order valence-corrected chi connectivity index (χ2v) is 6.54. The van der Waals surface area contributed by atoms with Crippen LogP contribution in [0.1, 0.15) is 28.5 Å². The van der Waals surface area contributed by atoms with Crippen molar-refractivity contribution >= 4 is 22.5 Å². The number of pyridine rings is 1. The average Bonchev–Trinajstić information content (AvgIpc) is 2.74. The Bertz CT molecular complexity index is 1140. The number of benzene rings is 2. The number of fused-ring (bicyclic) bond motifs is 1. The molecule has 0 spiro atoms. The molecule has 1 amide bonds. The first-order chi connectivity index (χ1) is 13.7. The first kappa shape index (κ1) is 17.8. The highest BCUT2D eigenvalue weighted by molar-refractivity contribution is 6.13. The fourth-order valence-electron chi connectivity index (χ4n) is 3.32. The van der Waals surface area contributed by atoms with Crippen LogP contribution in [0.3, 0.4) is 0 Å². The third-order valence-corrected chi connectivity index (χ3v) is 4.74. The van der Waals surface area contributed by atoms with Gasteiger partial charge in [0.25, 0.3) is 5.91 Å². The summed E-state index contributed by atoms with van der Waals surface area (Å²) in [5.74, 6) is 0.444. The number of nitrogens with one attached hydrogen (secondary N) is 1. The van der Waals surface area contributed by atoms with Gasteiger partial charge in [0.1, 0.15) is 0 Å². The summed E-state index contributed by atoms with van der Waals surface area (Å²) in [6.07, 6.45) is 4.03. The zero-order chi connectivity index (χ0) is 19.5. The monoisotopic (exact) mass is 368 g/mol. The summed E-state index contributed by atoms with van der Waals surface area (Å²) in [4.78, 5) is 26.5. The van der Waals surface area contributed by atoms with Crippen LogP contribution in [-0.4, -0.2) is 20.9 Å². The number of hydrogen-bond donors (Lipinski definition) is 1. The predicted octanol–water partition coefficient (Wildman–Crippen LogP) is 4.81. The molecule has 5 nitrogen and oxygen atoms in total. The maximum absolute atomic E-state index is 13.1. The number of aryl methyl sites for hydroxylation is 1. The van der Waals surface area contributed by atoms with E-state index in [1.54, 1.807) is 12.4 Å². The smallest absolute Gasteiger partial charge is 0.256 e. The summed E-state index contributed by atoms with van der Waals surface area (Å²) in [6.45, 7) is 3.99. The van der Waals surface area contributed by atoms with Gasteiger partial charge in [-0.3, -0.25) is 9.78 Å². The fraction of sp³-hybridized carbons (Fsp3) is 0.130. The molecule has 0 aliphatic carbocycles. The lowest BCUT2D eigenvalue weighted by atomic mass is 9.99. The summed E-state index contributed by atoms with van der Waals surface area (Å²) < 4.78 is 0. The zero-order valence-corrected chi connectivity index (χ0v) is 15.8. The molecule has 0 bridgehead atoms. The Labute approximate surface area is 163 Å². The van der Waals surface area contributed by atoms with Crippen molar-refractivity contribution < 1.29 is 4.79 Å². The van der Waals surface area contributed by atoms with E-state index >= 15 is 0 Å². The van der Waals surface area contributed by atoms with Crippen molar-refractivity contribution in [3.8, 4) is 11.4 Å². The number of carbonyl (C=O) groups is 1. The molecule has 2 aromatic heterocycles. The molecular weight excluding hydrogens is 348 g/mol. The number of anilines is 1. The summed E-state index contributed by atoms with van der Waals surface area (Å²) in [5, 5.41) is 3.77. The van der Waals surface area contributed by atoms with Crippen LogP contribution in [-0.2, 0) is 6.42 Å². The molecule has 5 heteroatoms. The summed E-state index contributed by atoms with van der Waals surface area (Å²) >= 11 is 0. The molecule has 2 heterocycles. The van der Waals surface area contributed by atoms with Crippen molar-refractivity contribution in [2.75, 3.05) is 5.32 Å². The van der Waals surface area contributed by atoms with Crippen LogP contribution in [0.4, 0.5) is 5.69 Å². The molecule has 0 fully saturated rings. The van der Waals surface area contributed by atoms with Gasteiger partial charge in [-0.25, -0.2) is 9.97 Å². The van der Waals surface area contributed by atoms with Gasteiger partial charge < -0.3 is 5.32 Å². The molecule has 1 N–H and O–H groups in total. The van der Waals surface area contributed by atoms with Gasteiger partial charge in [-0.05, 0) is 25.0 Å². The number of carbonyl (C=O) groups excluding carboxylic acids is 1. The third-order valence-electron chi connectivity index (χ3n) is 4.74. The largest absolute Gasteiger partial charge is 0.319 e. The van der Waals surface area contributed by atoms with Gasteiger partial charge in [-0.1, -0.05) is 55.5 Å². The first-order valence-electron chi connectivity index (χ1n) is 9.24. The molecule has 0 unspecified atom stereocenters. The lowest BCUT2D eigenvalue weighted by Crippen LogP contribution is -2.16. The van der Waals surface area contributed by atoms with Gasteiger partial charge in [-0.2, -0.15) is 0 Å². The Kier molecular flexibility index (Phi) is 4.81. The molecule has 4 aromatic rings. The summed E-state index contributed by atoms with van der Waals surface area (Å²) in [7, 11) is 0. The Morgan fingerprint density at radius 3 is 2.36 bits per heavy atom. The molecule has 2 aromatic carbocycles. The maximum atomic E-state index is 13.1. The average molecular weight is 368 g/mol. The second-order valence-electron chi connectivity index (χ2n) is 6.54. The number of amides is 1. The van der Waals surface area contributed by atoms with E-state index in [0.29, 0.717) is 17.1 Å². The third kappa shape index (κ3) is 3.34. The van der Waals surface area contributed by atoms with E-state index in [1.165, 1.54) is 0 Å². The Hall–Kier alpha value is -3.60. The molecule has 0 aliphatic rings. The van der Waals surface area contributed by atoms with E-state index < -0.39 is 0 Å². The van der Waals surface area contributed by atoms with Crippen molar-refractivity contribution in [3.05, 3.63) is 83.8 Å². The zero-order valence-electron chi connectivity index (χ0n) is 15.8. The summed E-state index contributed by atoms with van der Waals surface area (Å²) in [5.41, 5.74) is 4.80. The highest BCUT2D eigenvalue weighted by Crippen LogP contribution is 2.24. The SMILES string of the molecule is CCc1nc2ccccc2c(C(=O)Nc2cnc(-c3ccccc3)nc2)c1C. The van der Waals surface area contributed by atoms with Crippen molar-refractivity contribution in [1.29, 1.82) is 0 Å². The highest BCUT2D eigenvalue weighted by atomic mass is 16.1. The maximum Gasteiger partial charge on any atom is 0.256 e. The van der Waals surface area contributed by atoms with E-state index in [4.69, 9.17) is 0 Å². The Morgan fingerprint density at radius 2 is 1.64 bits per heavy atom. The number of hydrogen-bond acceptors (Lipinski definition) is 4. The van der Waals surface area contributed by atoms with Crippen molar-refractivity contribution in [2.24, 2.45) is 0 Å². The van der Waals surface area contributed by atoms with Gasteiger partial charge in [0.05, 0.1) is 29.2 Å². The van der Waals surface area contributed by atoms with Gasteiger partial charge in [-0.15, -0.1) is 0 Å². The number of nitrogens with zero attached hydrogens (tertiary/aromatic N) is 3. The van der Waals surface area contributed by atoms with E-state index in [-0.39, 0.29) is 5.91 Å². The number of para-hydroxylation sites is 1. The minimum absolute atomic E-state index is 0.179. The van der Waals surface area contributed by atoms with Crippen LogP contribution < -0.4 is 5.32 Å². The molecule has 28 heavy (non-hydrogen) atoms. The van der Waals surface area contributed by atoms with Crippen LogP contribution in [0.15, 0.2) is 67.0 Å². The molecule has 4 rings (SSSR count). The van der Waals surface area contributed by atoms with Crippen LogP contribution in [0.2, 0.25) is 0 Å². The lowest BCUT2D eigenvalue weighted by Gasteiger charge is -2.13. The van der Waals surface area contributed by atoms with Crippen molar-refractivity contribution in [1.82, 2.24) is 15.0 Å². The standard InChI is InChI=1S/C23H20N4O/c1-3-19-15(2)21(18-11-7-8-12-20(18)27-19)23(28)26-17-13-24-22(25-14-17)16-9-5-4-6-10-16/h4-14H,3H2,1-2H3,(H,26,28). The Balaban J connectivity index is 1.66. The van der Waals surface area contributed by atoms with Crippen LogP contribution >= 0.6 is 0 Å². The first-order valence-corrected chi connectivity index (χ1v) is 9.24. The van der Waals surface area contributed by atoms with E-state index in [1.807, 2.05) is 68.4 Å². The lowest BCUT2D eigenvalue weighted by molar-refractivity contribution is 0.102. The van der Waals surface area contributed by atoms with Gasteiger partial charge >= 0.3 is 0 Å². The van der Waals surface area contributed by atoms with Crippen LogP contribution in [0.5, 0.6) is 0 Å². The predicted molar refractivity (Wildman–Crippen MR) is 111 cm³/mol. The highest BCUT2D eigenvalue weighted by Gasteiger charge is 2.17. The molecule has 0 radical (unpaired) electrons. The molecule has 0 aliphatic heterocycles. The summed E-state index contributed by atoms with van der Waals surface area (Å²) in [6, 6.07) is 17.4. The van der Waals surface area contributed by atoms with E-state index in [9.17, 15) is 4.79 Å². The number of aromatic nitrogens is 3. The fourth-order valence-corrected chi connectivity index (χ4v) is 3.32. The molecular formula is C23H20N4O. The normalized spacial score (nSPS) is 10.8. The van der Waals surface area contributed by atoms with E-state index in [0.717, 1.165) is 34.1 Å². The van der Waals surface area contributed by atoms with Gasteiger partial charge in [0.15, 0.2) is 5.82 Å². The van der Waals surface area contributed by atoms with Crippen LogP contribution in [0, 0.1) is 6.92 Å². The van der Waals surface area contributed by atoms with Crippen molar-refractivity contribution in [2.45, 2.75) is 20.3 Å². The van der Waals surface area contributed by atoms with Crippen molar-refractivity contribution in [3.63, 3.8) is 0 Å². The van der Waals surface area contributed by atoms with Gasteiger partial charge in [0.2, 0.25) is 0 Å². The molecule has 0 saturated heterocycles. The minimum Gasteiger partial charge on any atom is -0.319 e. The molecule has 0 saturated carbocycles. The van der Waals surface area contributed by atoms with Gasteiger partial charge in [0, 0.05) is 16.6 Å². The molecule has 0 atom stereocenters. The van der Waals surface area contributed by atoms with E-state index in [2.05, 4.69) is 20.3 Å². The topological polar surface area (TPSA) is 67.8 Å². The minimum atomic E-state index is -0.179. The molecule has 138 valence electrons. The quantitative estimate of drug-likeness (QED) is 0.561. The Morgan fingerprint density at radius 1 is 0.964 bits per heavy atom. The van der Waals surface area contributed by atoms with Crippen LogP contribution in [0.25, 0.3) is 22.3 Å². The second kappa shape index (κ2) is 7.56. The number of rotatable bonds is 4.